The lowest BCUT2D eigenvalue weighted by atomic mass is 10.1. The Morgan fingerprint density at radius 1 is 1.36 bits per heavy atom. The van der Waals surface area contributed by atoms with Crippen LogP contribution in [0.1, 0.15) is 16.6 Å². The second-order valence-corrected chi connectivity index (χ2v) is 7.78. The quantitative estimate of drug-likeness (QED) is 0.827. The van der Waals surface area contributed by atoms with E-state index in [9.17, 15) is 4.79 Å². The molecular formula is C15H12ClN3OS2. The molecule has 112 valence electrons. The van der Waals surface area contributed by atoms with Crippen LogP contribution in [0.2, 0.25) is 4.34 Å². The molecule has 1 atom stereocenters. The van der Waals surface area contributed by atoms with E-state index in [1.807, 2.05) is 48.2 Å². The maximum absolute atomic E-state index is 12.2. The van der Waals surface area contributed by atoms with Crippen LogP contribution in [0.3, 0.4) is 0 Å². The molecule has 0 spiro atoms. The number of halogens is 1. The summed E-state index contributed by atoms with van der Waals surface area (Å²) in [7, 11) is 1.99. The second kappa shape index (κ2) is 5.30. The van der Waals surface area contributed by atoms with Crippen molar-refractivity contribution < 1.29 is 4.79 Å². The number of hydrogen-bond donors (Lipinski definition) is 0. The third kappa shape index (κ3) is 2.22. The maximum atomic E-state index is 12.2. The maximum Gasteiger partial charge on any atom is 0.239 e. The first-order chi connectivity index (χ1) is 10.6. The Balaban J connectivity index is 1.83. The highest BCUT2D eigenvalue weighted by Gasteiger charge is 2.38. The molecule has 2 aromatic rings. The van der Waals surface area contributed by atoms with Gasteiger partial charge in [0.1, 0.15) is 0 Å². The Kier molecular flexibility index (Phi) is 3.40. The molecule has 1 unspecified atom stereocenters. The molecule has 4 nitrogen and oxygen atoms in total. The first-order valence-corrected chi connectivity index (χ1v) is 8.94. The number of amidine groups is 1. The van der Waals surface area contributed by atoms with E-state index in [-0.39, 0.29) is 11.9 Å². The van der Waals surface area contributed by atoms with Crippen LogP contribution in [-0.2, 0) is 11.8 Å². The normalized spacial score (nSPS) is 20.9. The number of thiophene rings is 1. The number of thioether (sulfide) groups is 1. The average Bonchev–Trinajstić information content (AvgIpc) is 3.20. The zero-order valence-electron chi connectivity index (χ0n) is 11.7. The minimum absolute atomic E-state index is 0.0976. The molecule has 1 saturated heterocycles. The van der Waals surface area contributed by atoms with Crippen LogP contribution in [0.25, 0.3) is 5.70 Å². The fraction of sp³-hybridized carbons (Fsp3) is 0.200. The fourth-order valence-electron chi connectivity index (χ4n) is 2.66. The van der Waals surface area contributed by atoms with Gasteiger partial charge in [0.15, 0.2) is 5.17 Å². The van der Waals surface area contributed by atoms with Gasteiger partial charge in [0.2, 0.25) is 5.91 Å². The molecule has 2 aliphatic rings. The Hall–Kier alpha value is -1.50. The largest absolute Gasteiger partial charge is 0.349 e. The number of aryl methyl sites for hydroxylation is 1. The predicted molar refractivity (Wildman–Crippen MR) is 92.2 cm³/mol. The molecule has 1 amide bonds. The number of aromatic nitrogens is 1. The first-order valence-electron chi connectivity index (χ1n) is 6.76. The minimum Gasteiger partial charge on any atom is -0.349 e. The highest BCUT2D eigenvalue weighted by atomic mass is 35.5. The summed E-state index contributed by atoms with van der Waals surface area (Å²) >= 11 is 9.07. The van der Waals surface area contributed by atoms with Gasteiger partial charge in [0.25, 0.3) is 0 Å². The molecule has 0 aromatic carbocycles. The zero-order valence-corrected chi connectivity index (χ0v) is 14.1. The lowest BCUT2D eigenvalue weighted by molar-refractivity contribution is -0.125. The number of amides is 1. The van der Waals surface area contributed by atoms with E-state index < -0.39 is 0 Å². The fourth-order valence-corrected chi connectivity index (χ4v) is 4.69. The summed E-state index contributed by atoms with van der Waals surface area (Å²) in [6, 6.07) is 7.75. The summed E-state index contributed by atoms with van der Waals surface area (Å²) in [5.74, 6) is 0.545. The van der Waals surface area contributed by atoms with E-state index in [4.69, 9.17) is 11.6 Å². The number of carbonyl (C=O) groups excluding carboxylic acids is 1. The molecule has 4 rings (SSSR count). The van der Waals surface area contributed by atoms with Gasteiger partial charge in [-0.2, -0.15) is 0 Å². The van der Waals surface area contributed by atoms with Crippen LogP contribution in [0, 0.1) is 0 Å². The van der Waals surface area contributed by atoms with Gasteiger partial charge in [0.05, 0.1) is 27.5 Å². The third-order valence-corrected chi connectivity index (χ3v) is 5.94. The molecule has 22 heavy (non-hydrogen) atoms. The molecule has 0 bridgehead atoms. The number of rotatable bonds is 2. The Morgan fingerprint density at radius 3 is 2.91 bits per heavy atom. The van der Waals surface area contributed by atoms with E-state index in [1.165, 1.54) is 23.1 Å². The van der Waals surface area contributed by atoms with Crippen LogP contribution < -0.4 is 0 Å². The van der Waals surface area contributed by atoms with Crippen LogP contribution in [0.4, 0.5) is 0 Å². The highest BCUT2D eigenvalue weighted by molar-refractivity contribution is 8.15. The minimum atomic E-state index is -0.127. The summed E-state index contributed by atoms with van der Waals surface area (Å²) < 4.78 is 2.76. The monoisotopic (exact) mass is 349 g/mol. The van der Waals surface area contributed by atoms with Gasteiger partial charge in [-0.15, -0.1) is 11.3 Å². The summed E-state index contributed by atoms with van der Waals surface area (Å²) in [5.41, 5.74) is 1.94. The molecule has 1 fully saturated rings. The van der Waals surface area contributed by atoms with Crippen LogP contribution in [-0.4, -0.2) is 26.3 Å². The van der Waals surface area contributed by atoms with Crippen molar-refractivity contribution in [3.63, 3.8) is 0 Å². The van der Waals surface area contributed by atoms with Crippen molar-refractivity contribution in [1.82, 2.24) is 9.47 Å². The standard InChI is InChI=1S/C15H12ClN3OS2/c1-18-6-2-3-10(18)9-7-11(12-4-5-13(16)22-12)19-14(20)8-21-15(19)17-9/h2-7,11H,8H2,1H3. The Labute approximate surface area is 141 Å². The lowest BCUT2D eigenvalue weighted by Gasteiger charge is -2.28. The topological polar surface area (TPSA) is 37.6 Å². The zero-order chi connectivity index (χ0) is 15.3. The van der Waals surface area contributed by atoms with Crippen molar-refractivity contribution in [3.8, 4) is 0 Å². The van der Waals surface area contributed by atoms with Gasteiger partial charge < -0.3 is 4.57 Å². The van der Waals surface area contributed by atoms with E-state index in [0.29, 0.717) is 5.75 Å². The van der Waals surface area contributed by atoms with Crippen molar-refractivity contribution >= 4 is 51.5 Å². The van der Waals surface area contributed by atoms with Crippen molar-refractivity contribution in [2.24, 2.45) is 12.0 Å². The summed E-state index contributed by atoms with van der Waals surface area (Å²) in [6.07, 6.45) is 4.04. The van der Waals surface area contributed by atoms with Crippen molar-refractivity contribution in [3.05, 3.63) is 51.4 Å². The van der Waals surface area contributed by atoms with E-state index in [0.717, 1.165) is 25.8 Å². The van der Waals surface area contributed by atoms with Crippen molar-refractivity contribution in [2.45, 2.75) is 6.04 Å². The average molecular weight is 350 g/mol. The van der Waals surface area contributed by atoms with Gasteiger partial charge in [0, 0.05) is 18.1 Å². The smallest absolute Gasteiger partial charge is 0.239 e. The van der Waals surface area contributed by atoms with Gasteiger partial charge in [-0.25, -0.2) is 4.99 Å². The van der Waals surface area contributed by atoms with Crippen LogP contribution in [0.5, 0.6) is 0 Å². The molecule has 4 heterocycles. The third-order valence-electron chi connectivity index (χ3n) is 3.70. The molecule has 0 saturated carbocycles. The predicted octanol–water partition coefficient (Wildman–Crippen LogP) is 3.77. The Bertz CT molecular complexity index is 820. The van der Waals surface area contributed by atoms with E-state index in [2.05, 4.69) is 4.99 Å². The molecule has 7 heteroatoms. The van der Waals surface area contributed by atoms with E-state index >= 15 is 0 Å². The van der Waals surface area contributed by atoms with Crippen molar-refractivity contribution in [1.29, 1.82) is 0 Å². The lowest BCUT2D eigenvalue weighted by Crippen LogP contribution is -2.34. The first kappa shape index (κ1) is 14.1. The molecule has 0 radical (unpaired) electrons. The number of nitrogens with zero attached hydrogens (tertiary/aromatic N) is 3. The molecular weight excluding hydrogens is 338 g/mol. The molecule has 0 N–H and O–H groups in total. The summed E-state index contributed by atoms with van der Waals surface area (Å²) in [4.78, 5) is 19.7. The molecule has 2 aliphatic heterocycles. The number of aliphatic imine (C=N–C) groups is 1. The number of fused-ring (bicyclic) bond motifs is 1. The molecule has 0 aliphatic carbocycles. The number of hydrogen-bond acceptors (Lipinski definition) is 4. The highest BCUT2D eigenvalue weighted by Crippen LogP contribution is 2.41. The van der Waals surface area contributed by atoms with E-state index in [1.54, 1.807) is 4.90 Å². The Morgan fingerprint density at radius 2 is 2.23 bits per heavy atom. The second-order valence-electron chi connectivity index (χ2n) is 5.09. The van der Waals surface area contributed by atoms with Crippen molar-refractivity contribution in [2.75, 3.05) is 5.75 Å². The number of carbonyl (C=O) groups is 1. The van der Waals surface area contributed by atoms with Gasteiger partial charge >= 0.3 is 0 Å². The summed E-state index contributed by atoms with van der Waals surface area (Å²) in [5, 5.41) is 0.776. The molecule has 2 aromatic heterocycles. The van der Waals surface area contributed by atoms with Crippen LogP contribution in [0.15, 0.2) is 41.5 Å². The SMILES string of the molecule is Cn1cccc1C1=CC(c2ccc(Cl)s2)N2C(=O)CSC2=N1. The van der Waals surface area contributed by atoms with Crippen LogP contribution >= 0.6 is 34.7 Å². The van der Waals surface area contributed by atoms with Gasteiger partial charge in [-0.05, 0) is 30.3 Å². The van der Waals surface area contributed by atoms with Gasteiger partial charge in [-0.1, -0.05) is 23.4 Å². The van der Waals surface area contributed by atoms with Gasteiger partial charge in [-0.3, -0.25) is 9.69 Å². The summed E-state index contributed by atoms with van der Waals surface area (Å²) in [6.45, 7) is 0.